The largest absolute Gasteiger partial charge is 0.405 e. The number of urea groups is 1. The van der Waals surface area contributed by atoms with Gasteiger partial charge in [0, 0.05) is 30.6 Å². The molecule has 0 saturated carbocycles. The van der Waals surface area contributed by atoms with E-state index in [-0.39, 0.29) is 17.8 Å². The van der Waals surface area contributed by atoms with Gasteiger partial charge in [0.1, 0.15) is 11.9 Å². The van der Waals surface area contributed by atoms with Crippen molar-refractivity contribution in [1.82, 2.24) is 35.8 Å². The fraction of sp³-hybridized carbons (Fsp3) is 0.154. The van der Waals surface area contributed by atoms with E-state index < -0.39 is 12.1 Å². The Morgan fingerprint density at radius 1 is 1.03 bits per heavy atom. The Balaban J connectivity index is 1.36. The van der Waals surface area contributed by atoms with E-state index in [4.69, 9.17) is 4.42 Å². The number of fused-ring (bicyclic) bond motifs is 1. The predicted octanol–water partition coefficient (Wildman–Crippen LogP) is 3.86. The summed E-state index contributed by atoms with van der Waals surface area (Å²) in [5.74, 6) is 0.579. The molecule has 4 N–H and O–H groups in total. The zero-order valence-electron chi connectivity index (χ0n) is 19.9. The number of aryl methyl sites for hydroxylation is 1. The van der Waals surface area contributed by atoms with Gasteiger partial charge in [-0.15, -0.1) is 5.10 Å². The maximum absolute atomic E-state index is 13.3. The molecule has 0 bridgehead atoms. The molecule has 0 aliphatic carbocycles. The van der Waals surface area contributed by atoms with Crippen molar-refractivity contribution in [3.05, 3.63) is 90.1 Å². The van der Waals surface area contributed by atoms with Crippen molar-refractivity contribution in [1.29, 1.82) is 0 Å². The summed E-state index contributed by atoms with van der Waals surface area (Å²) in [6.07, 6.45) is 4.57. The highest BCUT2D eigenvalue weighted by atomic mass is 16.4. The number of nitrogens with zero attached hydrogens (tertiary/aromatic N) is 4. The molecule has 37 heavy (non-hydrogen) atoms. The average Bonchev–Trinajstić information content (AvgIpc) is 3.58. The molecular formula is C26H24N8O3. The molecule has 0 aliphatic rings. The third-order valence-corrected chi connectivity index (χ3v) is 5.75. The molecule has 1 atom stereocenters. The van der Waals surface area contributed by atoms with Crippen molar-refractivity contribution in [2.45, 2.75) is 18.9 Å². The molecular weight excluding hydrogens is 472 g/mol. The van der Waals surface area contributed by atoms with Crippen molar-refractivity contribution >= 4 is 29.0 Å². The first kappa shape index (κ1) is 23.7. The molecule has 2 aromatic carbocycles. The summed E-state index contributed by atoms with van der Waals surface area (Å²) in [6, 6.07) is 17.8. The highest BCUT2D eigenvalue weighted by molar-refractivity contribution is 5.98. The highest BCUT2D eigenvalue weighted by Crippen LogP contribution is 2.23. The van der Waals surface area contributed by atoms with Crippen molar-refractivity contribution in [2.24, 2.45) is 0 Å². The second kappa shape index (κ2) is 10.7. The minimum absolute atomic E-state index is 0.0594. The summed E-state index contributed by atoms with van der Waals surface area (Å²) >= 11 is 0. The van der Waals surface area contributed by atoms with Gasteiger partial charge in [0.05, 0.1) is 11.0 Å². The van der Waals surface area contributed by atoms with Gasteiger partial charge in [0.2, 0.25) is 5.89 Å². The Hall–Kier alpha value is -5.06. The van der Waals surface area contributed by atoms with Crippen LogP contribution in [0, 0.1) is 0 Å². The van der Waals surface area contributed by atoms with Crippen molar-refractivity contribution in [3.63, 3.8) is 0 Å². The van der Waals surface area contributed by atoms with Crippen LogP contribution in [0.15, 0.2) is 77.5 Å². The molecule has 1 unspecified atom stereocenters. The summed E-state index contributed by atoms with van der Waals surface area (Å²) in [5.41, 5.74) is 3.93. The minimum atomic E-state index is -0.578. The average molecular weight is 497 g/mol. The van der Waals surface area contributed by atoms with Crippen molar-refractivity contribution in [3.8, 4) is 11.4 Å². The van der Waals surface area contributed by atoms with Crippen LogP contribution in [0.2, 0.25) is 0 Å². The van der Waals surface area contributed by atoms with E-state index in [1.165, 1.54) is 7.05 Å². The molecule has 11 heteroatoms. The molecule has 3 heterocycles. The lowest BCUT2D eigenvalue weighted by Gasteiger charge is -2.15. The standard InChI is InChI=1S/C26H24N8O3/c1-27-25(36)32-26-34-33-24(37-26)20(9-7-16-5-3-2-4-6-16)31-23(35)18-8-10-19-21(15-18)30-22(29-19)17-11-13-28-14-12-17/h2-6,8,10-15,20H,7,9H2,1H3,(H,29,30)(H,31,35)(H2,27,32,34,36). The number of hydrogen-bond acceptors (Lipinski definition) is 7. The summed E-state index contributed by atoms with van der Waals surface area (Å²) in [6.45, 7) is 0. The first-order valence-electron chi connectivity index (χ1n) is 11.7. The lowest BCUT2D eigenvalue weighted by Crippen LogP contribution is -2.29. The molecule has 0 fully saturated rings. The number of imidazole rings is 1. The van der Waals surface area contributed by atoms with Gasteiger partial charge in [-0.05, 0) is 48.7 Å². The van der Waals surface area contributed by atoms with Crippen LogP contribution < -0.4 is 16.0 Å². The Morgan fingerprint density at radius 3 is 2.62 bits per heavy atom. The van der Waals surface area contributed by atoms with Gasteiger partial charge < -0.3 is 20.0 Å². The molecule has 0 aliphatic heterocycles. The quantitative estimate of drug-likeness (QED) is 0.255. The smallest absolute Gasteiger partial charge is 0.323 e. The van der Waals surface area contributed by atoms with E-state index in [0.29, 0.717) is 24.2 Å². The highest BCUT2D eigenvalue weighted by Gasteiger charge is 2.23. The molecule has 3 amide bonds. The van der Waals surface area contributed by atoms with Crippen LogP contribution in [0.1, 0.15) is 34.3 Å². The molecule has 0 radical (unpaired) electrons. The predicted molar refractivity (Wildman–Crippen MR) is 137 cm³/mol. The Labute approximate surface area is 211 Å². The van der Waals surface area contributed by atoms with E-state index in [2.05, 4.69) is 41.1 Å². The molecule has 3 aromatic heterocycles. The molecule has 186 valence electrons. The van der Waals surface area contributed by atoms with E-state index >= 15 is 0 Å². The molecule has 5 rings (SSSR count). The number of benzene rings is 2. The minimum Gasteiger partial charge on any atom is -0.405 e. The molecule has 0 spiro atoms. The van der Waals surface area contributed by atoms with Crippen LogP contribution in [0.3, 0.4) is 0 Å². The van der Waals surface area contributed by atoms with Gasteiger partial charge >= 0.3 is 12.0 Å². The zero-order valence-corrected chi connectivity index (χ0v) is 19.9. The van der Waals surface area contributed by atoms with Crippen molar-refractivity contribution in [2.75, 3.05) is 12.4 Å². The third kappa shape index (κ3) is 5.61. The monoisotopic (exact) mass is 496 g/mol. The van der Waals surface area contributed by atoms with E-state index in [9.17, 15) is 9.59 Å². The topological polar surface area (TPSA) is 151 Å². The van der Waals surface area contributed by atoms with Gasteiger partial charge in [-0.3, -0.25) is 15.1 Å². The fourth-order valence-electron chi connectivity index (χ4n) is 3.84. The van der Waals surface area contributed by atoms with Crippen LogP contribution >= 0.6 is 0 Å². The summed E-state index contributed by atoms with van der Waals surface area (Å²) < 4.78 is 5.64. The molecule has 11 nitrogen and oxygen atoms in total. The Morgan fingerprint density at radius 2 is 1.84 bits per heavy atom. The number of H-pyrrole nitrogens is 1. The van der Waals surface area contributed by atoms with Crippen LogP contribution in [0.5, 0.6) is 0 Å². The summed E-state index contributed by atoms with van der Waals surface area (Å²) in [4.78, 5) is 36.8. The molecule has 0 saturated heterocycles. The van der Waals surface area contributed by atoms with Gasteiger partial charge in [-0.25, -0.2) is 9.78 Å². The number of aromatic amines is 1. The van der Waals surface area contributed by atoms with E-state index in [1.54, 1.807) is 30.6 Å². The lowest BCUT2D eigenvalue weighted by molar-refractivity contribution is 0.0928. The fourth-order valence-corrected chi connectivity index (χ4v) is 3.84. The number of carbonyl (C=O) groups is 2. The van der Waals surface area contributed by atoms with Gasteiger partial charge in [-0.1, -0.05) is 35.4 Å². The van der Waals surface area contributed by atoms with Crippen molar-refractivity contribution < 1.29 is 14.0 Å². The maximum atomic E-state index is 13.3. The SMILES string of the molecule is CNC(=O)Nc1nnc(C(CCc2ccccc2)NC(=O)c2ccc3nc(-c4ccncc4)[nH]c3c2)o1. The maximum Gasteiger partial charge on any atom is 0.323 e. The summed E-state index contributed by atoms with van der Waals surface area (Å²) in [5, 5.41) is 15.8. The zero-order chi connectivity index (χ0) is 25.6. The first-order valence-corrected chi connectivity index (χ1v) is 11.7. The van der Waals surface area contributed by atoms with Gasteiger partial charge in [0.15, 0.2) is 0 Å². The number of rotatable bonds is 8. The number of carbonyl (C=O) groups excluding carboxylic acids is 2. The van der Waals surface area contributed by atoms with Crippen LogP contribution in [0.25, 0.3) is 22.4 Å². The van der Waals surface area contributed by atoms with Crippen LogP contribution in [-0.4, -0.2) is 44.1 Å². The Bertz CT molecular complexity index is 1510. The molecule has 5 aromatic rings. The second-order valence-corrected chi connectivity index (χ2v) is 8.25. The lowest BCUT2D eigenvalue weighted by atomic mass is 10.0. The normalized spacial score (nSPS) is 11.7. The van der Waals surface area contributed by atoms with Crippen LogP contribution in [0.4, 0.5) is 10.8 Å². The van der Waals surface area contributed by atoms with Gasteiger partial charge in [-0.2, -0.15) is 0 Å². The van der Waals surface area contributed by atoms with Gasteiger partial charge in [0.25, 0.3) is 5.91 Å². The number of anilines is 1. The van der Waals surface area contributed by atoms with Crippen LogP contribution in [-0.2, 0) is 6.42 Å². The van der Waals surface area contributed by atoms with E-state index in [0.717, 1.165) is 22.2 Å². The number of hydrogen-bond donors (Lipinski definition) is 4. The number of pyridine rings is 1. The summed E-state index contributed by atoms with van der Waals surface area (Å²) in [7, 11) is 1.48. The number of nitrogens with one attached hydrogen (secondary N) is 4. The third-order valence-electron chi connectivity index (χ3n) is 5.75. The Kier molecular flexibility index (Phi) is 6.84. The first-order chi connectivity index (χ1) is 18.1. The van der Waals surface area contributed by atoms with E-state index in [1.807, 2.05) is 42.5 Å². The second-order valence-electron chi connectivity index (χ2n) is 8.25. The number of aromatic nitrogens is 5. The number of amides is 3.